The summed E-state index contributed by atoms with van der Waals surface area (Å²) in [4.78, 5) is 28.1. The highest BCUT2D eigenvalue weighted by Crippen LogP contribution is 2.42. The van der Waals surface area contributed by atoms with Gasteiger partial charge in [-0.2, -0.15) is 5.26 Å². The van der Waals surface area contributed by atoms with E-state index in [1.807, 2.05) is 48.5 Å². The Kier molecular flexibility index (Phi) is 7.36. The summed E-state index contributed by atoms with van der Waals surface area (Å²) in [6, 6.07) is 25.9. The summed E-state index contributed by atoms with van der Waals surface area (Å²) in [7, 11) is 0. The van der Waals surface area contributed by atoms with E-state index in [1.54, 1.807) is 36.4 Å². The van der Waals surface area contributed by atoms with Crippen LogP contribution in [0.15, 0.2) is 89.5 Å². The third-order valence-corrected chi connectivity index (χ3v) is 6.99. The number of halogens is 1. The SMILES string of the molecule is CCc1ccc(N2C(=O)C(Cc3ccc(Cl)cc3)S/C2=C(/C#N)C(=O)Nc2ccccc2)cc1. The van der Waals surface area contributed by atoms with Crippen molar-refractivity contribution in [2.24, 2.45) is 0 Å². The third kappa shape index (κ3) is 5.17. The largest absolute Gasteiger partial charge is 0.321 e. The van der Waals surface area contributed by atoms with E-state index >= 15 is 0 Å². The molecule has 0 spiro atoms. The molecule has 5 nitrogen and oxygen atoms in total. The van der Waals surface area contributed by atoms with Crippen LogP contribution in [0.3, 0.4) is 0 Å². The molecular weight excluding hydrogens is 466 g/mol. The van der Waals surface area contributed by atoms with Crippen LogP contribution in [0.1, 0.15) is 18.1 Å². The Balaban J connectivity index is 1.72. The van der Waals surface area contributed by atoms with Crippen LogP contribution in [0.2, 0.25) is 5.02 Å². The van der Waals surface area contributed by atoms with Crippen LogP contribution in [0.25, 0.3) is 0 Å². The Morgan fingerprint density at radius 2 is 1.68 bits per heavy atom. The fourth-order valence-electron chi connectivity index (χ4n) is 3.65. The van der Waals surface area contributed by atoms with Crippen LogP contribution in [0.4, 0.5) is 11.4 Å². The maximum absolute atomic E-state index is 13.5. The van der Waals surface area contributed by atoms with E-state index in [0.29, 0.717) is 27.8 Å². The van der Waals surface area contributed by atoms with Crippen molar-refractivity contribution in [2.45, 2.75) is 25.0 Å². The first kappa shape index (κ1) is 23.6. The van der Waals surface area contributed by atoms with Gasteiger partial charge in [0.25, 0.3) is 5.91 Å². The van der Waals surface area contributed by atoms with Crippen LogP contribution in [-0.2, 0) is 22.4 Å². The van der Waals surface area contributed by atoms with Crippen molar-refractivity contribution in [1.29, 1.82) is 5.26 Å². The summed E-state index contributed by atoms with van der Waals surface area (Å²) in [5, 5.41) is 13.2. The maximum Gasteiger partial charge on any atom is 0.269 e. The molecule has 4 rings (SSSR count). The molecular formula is C27H22ClN3O2S. The van der Waals surface area contributed by atoms with Crippen molar-refractivity contribution in [3.8, 4) is 6.07 Å². The van der Waals surface area contributed by atoms with Crippen molar-refractivity contribution in [3.05, 3.63) is 106 Å². The average molecular weight is 488 g/mol. The Labute approximate surface area is 208 Å². The molecule has 0 bridgehead atoms. The van der Waals surface area contributed by atoms with Crippen molar-refractivity contribution in [3.63, 3.8) is 0 Å². The topological polar surface area (TPSA) is 73.2 Å². The number of hydrogen-bond donors (Lipinski definition) is 1. The summed E-state index contributed by atoms with van der Waals surface area (Å²) in [6.07, 6.45) is 1.32. The molecule has 1 aliphatic rings. The molecule has 7 heteroatoms. The van der Waals surface area contributed by atoms with E-state index in [0.717, 1.165) is 17.5 Å². The number of nitrogens with zero attached hydrogens (tertiary/aromatic N) is 2. The summed E-state index contributed by atoms with van der Waals surface area (Å²) in [5.74, 6) is -0.717. The van der Waals surface area contributed by atoms with Gasteiger partial charge in [0.15, 0.2) is 0 Å². The fraction of sp³-hybridized carbons (Fsp3) is 0.148. The average Bonchev–Trinajstić information content (AvgIpc) is 3.17. The van der Waals surface area contributed by atoms with Gasteiger partial charge in [-0.25, -0.2) is 0 Å². The van der Waals surface area contributed by atoms with Crippen molar-refractivity contribution < 1.29 is 9.59 Å². The van der Waals surface area contributed by atoms with Crippen LogP contribution in [0.5, 0.6) is 0 Å². The van der Waals surface area contributed by atoms with E-state index in [1.165, 1.54) is 16.7 Å². The lowest BCUT2D eigenvalue weighted by molar-refractivity contribution is -0.117. The predicted octanol–water partition coefficient (Wildman–Crippen LogP) is 5.97. The first-order valence-corrected chi connectivity index (χ1v) is 12.1. The van der Waals surface area contributed by atoms with Gasteiger partial charge < -0.3 is 5.32 Å². The van der Waals surface area contributed by atoms with E-state index in [9.17, 15) is 14.9 Å². The smallest absolute Gasteiger partial charge is 0.269 e. The summed E-state index contributed by atoms with van der Waals surface area (Å²) in [5.41, 5.74) is 3.19. The summed E-state index contributed by atoms with van der Waals surface area (Å²) >= 11 is 7.24. The van der Waals surface area contributed by atoms with Crippen molar-refractivity contribution in [2.75, 3.05) is 10.2 Å². The Bertz CT molecular complexity index is 1270. The number of anilines is 2. The molecule has 1 aliphatic heterocycles. The van der Waals surface area contributed by atoms with Gasteiger partial charge >= 0.3 is 0 Å². The number of nitrogens with one attached hydrogen (secondary N) is 1. The normalized spacial score (nSPS) is 16.8. The fourth-order valence-corrected chi connectivity index (χ4v) is 5.09. The van der Waals surface area contributed by atoms with E-state index in [2.05, 4.69) is 12.2 Å². The van der Waals surface area contributed by atoms with Gasteiger partial charge in [-0.3, -0.25) is 14.5 Å². The highest BCUT2D eigenvalue weighted by molar-refractivity contribution is 8.05. The lowest BCUT2D eigenvalue weighted by atomic mass is 10.1. The Morgan fingerprint density at radius 3 is 2.29 bits per heavy atom. The summed E-state index contributed by atoms with van der Waals surface area (Å²) in [6.45, 7) is 2.06. The lowest BCUT2D eigenvalue weighted by Gasteiger charge is -2.19. The monoisotopic (exact) mass is 487 g/mol. The molecule has 3 aromatic carbocycles. The molecule has 34 heavy (non-hydrogen) atoms. The predicted molar refractivity (Wildman–Crippen MR) is 138 cm³/mol. The summed E-state index contributed by atoms with van der Waals surface area (Å²) < 4.78 is 0. The maximum atomic E-state index is 13.5. The zero-order valence-electron chi connectivity index (χ0n) is 18.5. The molecule has 3 aromatic rings. The second-order valence-corrected chi connectivity index (χ2v) is 9.37. The highest BCUT2D eigenvalue weighted by atomic mass is 35.5. The second kappa shape index (κ2) is 10.6. The van der Waals surface area contributed by atoms with Gasteiger partial charge in [0.2, 0.25) is 5.91 Å². The molecule has 0 aliphatic carbocycles. The molecule has 1 atom stereocenters. The molecule has 0 aromatic heterocycles. The molecule has 0 radical (unpaired) electrons. The minimum Gasteiger partial charge on any atom is -0.321 e. The van der Waals surface area contributed by atoms with Crippen molar-refractivity contribution in [1.82, 2.24) is 0 Å². The highest BCUT2D eigenvalue weighted by Gasteiger charge is 2.40. The van der Waals surface area contributed by atoms with Crippen LogP contribution in [-0.4, -0.2) is 17.1 Å². The van der Waals surface area contributed by atoms with Crippen LogP contribution in [0, 0.1) is 11.3 Å². The van der Waals surface area contributed by atoms with Gasteiger partial charge in [0.1, 0.15) is 16.7 Å². The second-order valence-electron chi connectivity index (χ2n) is 7.74. The number of aryl methyl sites for hydroxylation is 1. The first-order valence-electron chi connectivity index (χ1n) is 10.8. The lowest BCUT2D eigenvalue weighted by Crippen LogP contribution is -2.30. The number of amides is 2. The quantitative estimate of drug-likeness (QED) is 0.343. The van der Waals surface area contributed by atoms with Crippen LogP contribution >= 0.6 is 23.4 Å². The molecule has 1 unspecified atom stereocenters. The Hall–Kier alpha value is -3.53. The van der Waals surface area contributed by atoms with E-state index in [4.69, 9.17) is 11.6 Å². The molecule has 170 valence electrons. The van der Waals surface area contributed by atoms with Crippen LogP contribution < -0.4 is 10.2 Å². The zero-order valence-corrected chi connectivity index (χ0v) is 20.1. The molecule has 1 saturated heterocycles. The van der Waals surface area contributed by atoms with E-state index < -0.39 is 11.2 Å². The molecule has 1 heterocycles. The number of hydrogen-bond acceptors (Lipinski definition) is 4. The number of nitriles is 1. The minimum atomic E-state index is -0.550. The van der Waals surface area contributed by atoms with Gasteiger partial charge in [0, 0.05) is 16.4 Å². The Morgan fingerprint density at radius 1 is 1.03 bits per heavy atom. The molecule has 0 saturated carbocycles. The van der Waals surface area contributed by atoms with Crippen molar-refractivity contribution >= 4 is 46.6 Å². The number of para-hydroxylation sites is 1. The molecule has 1 N–H and O–H groups in total. The number of benzene rings is 3. The first-order chi connectivity index (χ1) is 16.5. The number of rotatable bonds is 6. The third-order valence-electron chi connectivity index (χ3n) is 5.47. The van der Waals surface area contributed by atoms with E-state index in [-0.39, 0.29) is 11.5 Å². The number of carbonyl (C=O) groups excluding carboxylic acids is 2. The van der Waals surface area contributed by atoms with Gasteiger partial charge in [0.05, 0.1) is 5.25 Å². The zero-order chi connectivity index (χ0) is 24.1. The molecule has 1 fully saturated rings. The number of carbonyl (C=O) groups is 2. The van der Waals surface area contributed by atoms with Gasteiger partial charge in [-0.15, -0.1) is 0 Å². The van der Waals surface area contributed by atoms with Gasteiger partial charge in [-0.1, -0.05) is 72.8 Å². The standard InChI is InChI=1S/C27H22ClN3O2S/c1-2-18-10-14-22(15-11-18)31-26(33)24(16-19-8-12-20(28)13-9-19)34-27(31)23(17-29)25(32)30-21-6-4-3-5-7-21/h3-15,24H,2,16H2,1H3,(H,30,32)/b27-23-. The molecule has 2 amide bonds. The minimum absolute atomic E-state index is 0.0969. The van der Waals surface area contributed by atoms with Gasteiger partial charge in [-0.05, 0) is 60.4 Å². The number of thioether (sulfide) groups is 1.